The molecule has 3 aromatic rings. The highest BCUT2D eigenvalue weighted by molar-refractivity contribution is 7.92. The zero-order chi connectivity index (χ0) is 30.2. The summed E-state index contributed by atoms with van der Waals surface area (Å²) in [6.45, 7) is 5.07. The minimum absolute atomic E-state index is 0.0117. The Kier molecular flexibility index (Phi) is 11.5. The average molecular weight is 621 g/mol. The lowest BCUT2D eigenvalue weighted by molar-refractivity contribution is -0.140. The second kappa shape index (κ2) is 14.6. The van der Waals surface area contributed by atoms with Gasteiger partial charge in [0.15, 0.2) is 0 Å². The van der Waals surface area contributed by atoms with E-state index in [1.807, 2.05) is 19.9 Å². The van der Waals surface area contributed by atoms with Crippen molar-refractivity contribution in [2.24, 2.45) is 0 Å². The van der Waals surface area contributed by atoms with E-state index in [9.17, 15) is 18.0 Å². The van der Waals surface area contributed by atoms with Gasteiger partial charge in [0, 0.05) is 12.6 Å². The summed E-state index contributed by atoms with van der Waals surface area (Å²) >= 11 is 12.7. The van der Waals surface area contributed by atoms with Gasteiger partial charge in [-0.05, 0) is 61.7 Å². The van der Waals surface area contributed by atoms with E-state index >= 15 is 0 Å². The summed E-state index contributed by atoms with van der Waals surface area (Å²) in [6.07, 6.45) is 1.02. The van der Waals surface area contributed by atoms with Gasteiger partial charge in [-0.3, -0.25) is 13.9 Å². The molecule has 0 saturated heterocycles. The van der Waals surface area contributed by atoms with E-state index < -0.39 is 28.5 Å². The first-order valence-electron chi connectivity index (χ1n) is 13.3. The molecular weight excluding hydrogens is 585 g/mol. The molecule has 2 amide bonds. The molecule has 0 aliphatic rings. The summed E-state index contributed by atoms with van der Waals surface area (Å²) in [5.74, 6) is -0.322. The maximum atomic E-state index is 14.2. The van der Waals surface area contributed by atoms with Crippen LogP contribution in [0.3, 0.4) is 0 Å². The molecule has 3 aromatic carbocycles. The molecule has 2 atom stereocenters. The van der Waals surface area contributed by atoms with Gasteiger partial charge in [-0.2, -0.15) is 0 Å². The standard InChI is InChI=1S/C30H35Cl2N3O5S/c1-5-21(3)33-30(37)26(6-2)34(19-22-12-10-13-23(18-22)40-4)28(36)20-35(27-17-11-16-25(31)29(27)32)41(38,39)24-14-8-7-9-15-24/h7-18,21,26H,5-6,19-20H2,1-4H3,(H,33,37)/t21-,26+/m0/s1. The number of hydrogen-bond acceptors (Lipinski definition) is 5. The molecule has 0 unspecified atom stereocenters. The van der Waals surface area contributed by atoms with Crippen LogP contribution in [0.4, 0.5) is 5.69 Å². The van der Waals surface area contributed by atoms with Gasteiger partial charge in [0.05, 0.1) is 27.7 Å². The zero-order valence-electron chi connectivity index (χ0n) is 23.5. The Balaban J connectivity index is 2.10. The molecule has 0 aliphatic carbocycles. The van der Waals surface area contributed by atoms with Gasteiger partial charge < -0.3 is 15.0 Å². The Morgan fingerprint density at radius 1 is 0.951 bits per heavy atom. The predicted molar refractivity (Wildman–Crippen MR) is 163 cm³/mol. The molecule has 220 valence electrons. The van der Waals surface area contributed by atoms with Crippen LogP contribution in [0.1, 0.15) is 39.2 Å². The SMILES string of the molecule is CC[C@H](C(=O)N[C@@H](C)CC)N(Cc1cccc(OC)c1)C(=O)CN(c1cccc(Cl)c1Cl)S(=O)(=O)c1ccccc1. The Labute approximate surface area is 252 Å². The summed E-state index contributed by atoms with van der Waals surface area (Å²) in [5, 5.41) is 3.08. The first kappa shape index (κ1) is 32.2. The third kappa shape index (κ3) is 7.93. The fraction of sp³-hybridized carbons (Fsp3) is 0.333. The van der Waals surface area contributed by atoms with Crippen molar-refractivity contribution in [3.63, 3.8) is 0 Å². The number of nitrogens with one attached hydrogen (secondary N) is 1. The quantitative estimate of drug-likeness (QED) is 0.256. The molecule has 41 heavy (non-hydrogen) atoms. The fourth-order valence-corrected chi connectivity index (χ4v) is 6.14. The van der Waals surface area contributed by atoms with E-state index in [1.54, 1.807) is 49.4 Å². The number of ether oxygens (including phenoxy) is 1. The van der Waals surface area contributed by atoms with Crippen molar-refractivity contribution >= 4 is 50.7 Å². The fourth-order valence-electron chi connectivity index (χ4n) is 4.25. The minimum atomic E-state index is -4.26. The molecule has 0 spiro atoms. The van der Waals surface area contributed by atoms with Gasteiger partial charge in [-0.1, -0.05) is 73.4 Å². The molecule has 3 rings (SSSR count). The number of carbonyl (C=O) groups is 2. The van der Waals surface area contributed by atoms with E-state index in [1.165, 1.54) is 36.3 Å². The van der Waals surface area contributed by atoms with Crippen molar-refractivity contribution in [1.29, 1.82) is 0 Å². The lowest BCUT2D eigenvalue weighted by atomic mass is 10.1. The number of carbonyl (C=O) groups excluding carboxylic acids is 2. The molecular formula is C30H35Cl2N3O5S. The van der Waals surface area contributed by atoms with Crippen LogP contribution in [0.5, 0.6) is 5.75 Å². The van der Waals surface area contributed by atoms with Crippen LogP contribution in [0.2, 0.25) is 10.0 Å². The van der Waals surface area contributed by atoms with Crippen LogP contribution in [0, 0.1) is 0 Å². The number of halogens is 2. The second-order valence-corrected chi connectivity index (χ2v) is 12.2. The number of nitrogens with zero attached hydrogens (tertiary/aromatic N) is 2. The third-order valence-electron chi connectivity index (χ3n) is 6.68. The Bertz CT molecular complexity index is 1450. The molecule has 8 nitrogen and oxygen atoms in total. The lowest BCUT2D eigenvalue weighted by Gasteiger charge is -2.34. The molecule has 0 aromatic heterocycles. The maximum Gasteiger partial charge on any atom is 0.264 e. The summed E-state index contributed by atoms with van der Waals surface area (Å²) in [5.41, 5.74) is 0.764. The summed E-state index contributed by atoms with van der Waals surface area (Å²) in [7, 11) is -2.72. The molecule has 0 heterocycles. The summed E-state index contributed by atoms with van der Waals surface area (Å²) < 4.78 is 34.1. The van der Waals surface area contributed by atoms with Crippen LogP contribution in [0.15, 0.2) is 77.7 Å². The number of amides is 2. The smallest absolute Gasteiger partial charge is 0.264 e. The number of rotatable bonds is 13. The summed E-state index contributed by atoms with van der Waals surface area (Å²) in [4.78, 5) is 28.9. The first-order chi connectivity index (χ1) is 19.5. The minimum Gasteiger partial charge on any atom is -0.497 e. The maximum absolute atomic E-state index is 14.2. The number of sulfonamides is 1. The molecule has 11 heteroatoms. The van der Waals surface area contributed by atoms with Crippen molar-refractivity contribution in [3.8, 4) is 5.75 Å². The average Bonchev–Trinajstić information content (AvgIpc) is 2.97. The van der Waals surface area contributed by atoms with Crippen LogP contribution in [0.25, 0.3) is 0 Å². The lowest BCUT2D eigenvalue weighted by Crippen LogP contribution is -2.53. The van der Waals surface area contributed by atoms with Gasteiger partial charge >= 0.3 is 0 Å². The predicted octanol–water partition coefficient (Wildman–Crippen LogP) is 5.92. The van der Waals surface area contributed by atoms with Gasteiger partial charge in [0.25, 0.3) is 10.0 Å². The largest absolute Gasteiger partial charge is 0.497 e. The van der Waals surface area contributed by atoms with Crippen molar-refractivity contribution in [2.45, 2.75) is 57.1 Å². The highest BCUT2D eigenvalue weighted by Gasteiger charge is 2.35. The van der Waals surface area contributed by atoms with Crippen molar-refractivity contribution < 1.29 is 22.7 Å². The monoisotopic (exact) mass is 619 g/mol. The van der Waals surface area contributed by atoms with Gasteiger partial charge in [-0.25, -0.2) is 8.42 Å². The Morgan fingerprint density at radius 2 is 1.63 bits per heavy atom. The first-order valence-corrected chi connectivity index (χ1v) is 15.5. The van der Waals surface area contributed by atoms with E-state index in [4.69, 9.17) is 27.9 Å². The van der Waals surface area contributed by atoms with E-state index in [2.05, 4.69) is 5.32 Å². The highest BCUT2D eigenvalue weighted by atomic mass is 35.5. The normalized spacial score (nSPS) is 12.7. The number of hydrogen-bond donors (Lipinski definition) is 1. The van der Waals surface area contributed by atoms with Crippen molar-refractivity contribution in [2.75, 3.05) is 18.0 Å². The van der Waals surface area contributed by atoms with Crippen LogP contribution in [-0.4, -0.2) is 50.9 Å². The second-order valence-electron chi connectivity index (χ2n) is 9.51. The molecule has 1 N–H and O–H groups in total. The molecule has 0 radical (unpaired) electrons. The highest BCUT2D eigenvalue weighted by Crippen LogP contribution is 2.35. The molecule has 0 bridgehead atoms. The zero-order valence-corrected chi connectivity index (χ0v) is 25.8. The third-order valence-corrected chi connectivity index (χ3v) is 9.27. The number of methoxy groups -OCH3 is 1. The molecule has 0 saturated carbocycles. The number of anilines is 1. The number of benzene rings is 3. The van der Waals surface area contributed by atoms with Crippen LogP contribution < -0.4 is 14.4 Å². The van der Waals surface area contributed by atoms with Crippen LogP contribution >= 0.6 is 23.2 Å². The van der Waals surface area contributed by atoms with E-state index in [0.29, 0.717) is 24.2 Å². The van der Waals surface area contributed by atoms with Crippen LogP contribution in [-0.2, 0) is 26.2 Å². The van der Waals surface area contributed by atoms with Gasteiger partial charge in [0.2, 0.25) is 11.8 Å². The Morgan fingerprint density at radius 3 is 2.27 bits per heavy atom. The molecule has 0 fully saturated rings. The summed E-state index contributed by atoms with van der Waals surface area (Å²) in [6, 6.07) is 18.5. The Hall–Kier alpha value is -3.27. The van der Waals surface area contributed by atoms with E-state index in [-0.39, 0.29) is 39.1 Å². The molecule has 0 aliphatic heterocycles. The van der Waals surface area contributed by atoms with E-state index in [0.717, 1.165) is 4.31 Å². The van der Waals surface area contributed by atoms with Crippen molar-refractivity contribution in [3.05, 3.63) is 88.4 Å². The van der Waals surface area contributed by atoms with Gasteiger partial charge in [0.1, 0.15) is 18.3 Å². The van der Waals surface area contributed by atoms with Crippen molar-refractivity contribution in [1.82, 2.24) is 10.2 Å². The van der Waals surface area contributed by atoms with Gasteiger partial charge in [-0.15, -0.1) is 0 Å². The topological polar surface area (TPSA) is 96.0 Å².